The van der Waals surface area contributed by atoms with Gasteiger partial charge in [-0.25, -0.2) is 8.42 Å². The molecule has 18 heavy (non-hydrogen) atoms. The quantitative estimate of drug-likeness (QED) is 0.887. The molecular weight excluding hydrogens is 246 g/mol. The minimum atomic E-state index is -2.95. The molecule has 0 amide bonds. The summed E-state index contributed by atoms with van der Waals surface area (Å²) in [7, 11) is -2.95. The fraction of sp³-hybridized carbons (Fsp3) is 0.571. The molecule has 0 radical (unpaired) electrons. The van der Waals surface area contributed by atoms with E-state index in [4.69, 9.17) is 5.73 Å². The summed E-state index contributed by atoms with van der Waals surface area (Å²) >= 11 is 0. The Hall–Kier alpha value is -0.870. The van der Waals surface area contributed by atoms with Crippen molar-refractivity contribution in [2.75, 3.05) is 11.5 Å². The van der Waals surface area contributed by atoms with Crippen LogP contribution in [0, 0.1) is 0 Å². The van der Waals surface area contributed by atoms with Gasteiger partial charge in [0.2, 0.25) is 0 Å². The monoisotopic (exact) mass is 267 g/mol. The molecule has 2 N–H and O–H groups in total. The molecule has 0 aliphatic heterocycles. The Balaban J connectivity index is 2.38. The predicted molar refractivity (Wildman–Crippen MR) is 74.2 cm³/mol. The number of benzene rings is 1. The number of sulfone groups is 1. The van der Waals surface area contributed by atoms with Crippen LogP contribution in [-0.2, 0) is 21.8 Å². The van der Waals surface area contributed by atoms with Gasteiger partial charge in [-0.15, -0.1) is 0 Å². The van der Waals surface area contributed by atoms with E-state index in [-0.39, 0.29) is 16.9 Å². The van der Waals surface area contributed by atoms with Crippen molar-refractivity contribution in [1.82, 2.24) is 0 Å². The molecule has 0 bridgehead atoms. The normalized spacial score (nSPS) is 18.3. The summed E-state index contributed by atoms with van der Waals surface area (Å²) in [6, 6.07) is 8.00. The summed E-state index contributed by atoms with van der Waals surface area (Å²) < 4.78 is 23.9. The Labute approximate surface area is 109 Å². The van der Waals surface area contributed by atoms with Crippen LogP contribution < -0.4 is 5.73 Å². The second kappa shape index (κ2) is 5.02. The van der Waals surface area contributed by atoms with Gasteiger partial charge in [0.25, 0.3) is 0 Å². The molecule has 1 aromatic rings. The maximum atomic E-state index is 11.9. The lowest BCUT2D eigenvalue weighted by atomic mass is 9.64. The van der Waals surface area contributed by atoms with Gasteiger partial charge in [-0.1, -0.05) is 37.6 Å². The highest BCUT2D eigenvalue weighted by Crippen LogP contribution is 2.46. The lowest BCUT2D eigenvalue weighted by molar-refractivity contribution is 0.272. The van der Waals surface area contributed by atoms with Gasteiger partial charge in [0.15, 0.2) is 9.84 Å². The van der Waals surface area contributed by atoms with Crippen molar-refractivity contribution in [3.05, 3.63) is 35.4 Å². The van der Waals surface area contributed by atoms with E-state index in [2.05, 4.69) is 0 Å². The van der Waals surface area contributed by atoms with Gasteiger partial charge < -0.3 is 5.73 Å². The first-order valence-corrected chi connectivity index (χ1v) is 8.34. The minimum Gasteiger partial charge on any atom is -0.326 e. The summed E-state index contributed by atoms with van der Waals surface area (Å²) in [5.74, 6) is 0.493. The topological polar surface area (TPSA) is 60.2 Å². The van der Waals surface area contributed by atoms with E-state index in [9.17, 15) is 8.42 Å². The van der Waals surface area contributed by atoms with E-state index in [1.54, 1.807) is 6.92 Å². The highest BCUT2D eigenvalue weighted by molar-refractivity contribution is 7.91. The van der Waals surface area contributed by atoms with Crippen LogP contribution in [0.15, 0.2) is 24.3 Å². The third kappa shape index (κ3) is 2.45. The zero-order valence-corrected chi connectivity index (χ0v) is 11.7. The van der Waals surface area contributed by atoms with E-state index in [0.29, 0.717) is 6.54 Å². The van der Waals surface area contributed by atoms with Crippen LogP contribution in [0.4, 0.5) is 0 Å². The molecule has 0 aromatic heterocycles. The zero-order valence-electron chi connectivity index (χ0n) is 10.9. The molecule has 1 aliphatic carbocycles. The van der Waals surface area contributed by atoms with Crippen molar-refractivity contribution in [3.63, 3.8) is 0 Å². The standard InChI is InChI=1S/C14H21NO2S/c1-2-18(16,17)11-14(8-5-9-14)13-7-4-3-6-12(13)10-15/h3-4,6-7H,2,5,8-11,15H2,1H3. The largest absolute Gasteiger partial charge is 0.326 e. The average Bonchev–Trinajstić information content (AvgIpc) is 2.34. The van der Waals surface area contributed by atoms with E-state index in [1.807, 2.05) is 24.3 Å². The van der Waals surface area contributed by atoms with Crippen molar-refractivity contribution in [3.8, 4) is 0 Å². The van der Waals surface area contributed by atoms with Gasteiger partial charge in [0.05, 0.1) is 5.75 Å². The first-order chi connectivity index (χ1) is 8.53. The summed E-state index contributed by atoms with van der Waals surface area (Å²) in [5.41, 5.74) is 7.83. The van der Waals surface area contributed by atoms with Crippen molar-refractivity contribution < 1.29 is 8.42 Å². The van der Waals surface area contributed by atoms with Crippen molar-refractivity contribution in [2.24, 2.45) is 5.73 Å². The van der Waals surface area contributed by atoms with Gasteiger partial charge >= 0.3 is 0 Å². The van der Waals surface area contributed by atoms with Crippen molar-refractivity contribution >= 4 is 9.84 Å². The van der Waals surface area contributed by atoms with Crippen LogP contribution in [0.25, 0.3) is 0 Å². The van der Waals surface area contributed by atoms with Gasteiger partial charge in [-0.05, 0) is 24.0 Å². The van der Waals surface area contributed by atoms with Gasteiger partial charge in [0.1, 0.15) is 0 Å². The summed E-state index contributed by atoms with van der Waals surface area (Å²) in [6.07, 6.45) is 3.03. The van der Waals surface area contributed by atoms with Crippen LogP contribution in [0.5, 0.6) is 0 Å². The summed E-state index contributed by atoms with van der Waals surface area (Å²) in [6.45, 7) is 2.20. The maximum absolute atomic E-state index is 11.9. The molecule has 0 saturated heterocycles. The van der Waals surface area contributed by atoms with E-state index in [0.717, 1.165) is 30.4 Å². The second-order valence-corrected chi connectivity index (χ2v) is 7.52. The molecular formula is C14H21NO2S. The smallest absolute Gasteiger partial charge is 0.150 e. The fourth-order valence-corrected chi connectivity index (χ4v) is 4.32. The summed E-state index contributed by atoms with van der Waals surface area (Å²) in [4.78, 5) is 0. The van der Waals surface area contributed by atoms with E-state index < -0.39 is 9.84 Å². The van der Waals surface area contributed by atoms with Crippen LogP contribution in [0.1, 0.15) is 37.3 Å². The highest BCUT2D eigenvalue weighted by Gasteiger charge is 2.42. The number of hydrogen-bond acceptors (Lipinski definition) is 3. The van der Waals surface area contributed by atoms with Gasteiger partial charge in [-0.2, -0.15) is 0 Å². The molecule has 3 nitrogen and oxygen atoms in total. The number of hydrogen-bond donors (Lipinski definition) is 1. The molecule has 1 aliphatic rings. The van der Waals surface area contributed by atoms with E-state index in [1.165, 1.54) is 0 Å². The molecule has 0 spiro atoms. The Morgan fingerprint density at radius 1 is 1.28 bits per heavy atom. The number of rotatable bonds is 5. The van der Waals surface area contributed by atoms with Crippen molar-refractivity contribution in [2.45, 2.75) is 38.1 Å². The first kappa shape index (κ1) is 13.6. The third-order valence-corrected chi connectivity index (χ3v) is 5.93. The lowest BCUT2D eigenvalue weighted by Gasteiger charge is -2.43. The Morgan fingerprint density at radius 3 is 2.44 bits per heavy atom. The van der Waals surface area contributed by atoms with Crippen LogP contribution >= 0.6 is 0 Å². The van der Waals surface area contributed by atoms with Crippen LogP contribution in [0.2, 0.25) is 0 Å². The molecule has 0 heterocycles. The molecule has 100 valence electrons. The number of nitrogens with two attached hydrogens (primary N) is 1. The molecule has 1 fully saturated rings. The van der Waals surface area contributed by atoms with E-state index >= 15 is 0 Å². The van der Waals surface area contributed by atoms with Crippen LogP contribution in [0.3, 0.4) is 0 Å². The lowest BCUT2D eigenvalue weighted by Crippen LogP contribution is -2.42. The van der Waals surface area contributed by atoms with Crippen molar-refractivity contribution in [1.29, 1.82) is 0 Å². The SMILES string of the molecule is CCS(=O)(=O)CC1(c2ccccc2CN)CCC1. The minimum absolute atomic E-state index is 0.176. The molecule has 2 rings (SSSR count). The molecule has 1 aromatic carbocycles. The maximum Gasteiger partial charge on any atom is 0.150 e. The Kier molecular flexibility index (Phi) is 3.78. The Morgan fingerprint density at radius 2 is 1.94 bits per heavy atom. The molecule has 4 heteroatoms. The van der Waals surface area contributed by atoms with Gasteiger partial charge in [-0.3, -0.25) is 0 Å². The first-order valence-electron chi connectivity index (χ1n) is 6.52. The second-order valence-electron chi connectivity index (χ2n) is 5.17. The molecule has 1 saturated carbocycles. The Bertz CT molecular complexity index is 518. The predicted octanol–water partition coefficient (Wildman–Crippen LogP) is 2.00. The third-order valence-electron chi connectivity index (χ3n) is 4.06. The fourth-order valence-electron chi connectivity index (χ4n) is 2.83. The molecule has 0 atom stereocenters. The average molecular weight is 267 g/mol. The van der Waals surface area contributed by atoms with Gasteiger partial charge in [0, 0.05) is 17.7 Å². The van der Waals surface area contributed by atoms with Crippen LogP contribution in [-0.4, -0.2) is 19.9 Å². The molecule has 0 unspecified atom stereocenters. The zero-order chi connectivity index (χ0) is 13.2. The highest BCUT2D eigenvalue weighted by atomic mass is 32.2. The summed E-state index contributed by atoms with van der Waals surface area (Å²) in [5, 5.41) is 0.